The van der Waals surface area contributed by atoms with Gasteiger partial charge in [-0.15, -0.1) is 11.3 Å². The molecule has 1 aliphatic heterocycles. The Balaban J connectivity index is 2.00. The lowest BCUT2D eigenvalue weighted by Gasteiger charge is -2.28. The number of nitrogens with one attached hydrogen (secondary N) is 1. The maximum Gasteiger partial charge on any atom is 0.324 e. The first kappa shape index (κ1) is 16.4. The third-order valence-electron chi connectivity index (χ3n) is 3.18. The van der Waals surface area contributed by atoms with Crippen LogP contribution in [0.1, 0.15) is 11.4 Å². The molecule has 1 fully saturated rings. The minimum absolute atomic E-state index is 0.212. The zero-order valence-electron chi connectivity index (χ0n) is 12.3. The van der Waals surface area contributed by atoms with E-state index >= 15 is 0 Å². The van der Waals surface area contributed by atoms with Crippen molar-refractivity contribution in [3.63, 3.8) is 0 Å². The molecule has 1 saturated heterocycles. The van der Waals surface area contributed by atoms with Crippen molar-refractivity contribution in [2.75, 3.05) is 33.4 Å². The van der Waals surface area contributed by atoms with E-state index in [1.54, 1.807) is 13.3 Å². The molecule has 0 saturated carbocycles. The van der Waals surface area contributed by atoms with E-state index in [-0.39, 0.29) is 24.8 Å². The highest BCUT2D eigenvalue weighted by Crippen LogP contribution is 2.10. The highest BCUT2D eigenvalue weighted by molar-refractivity contribution is 7.09. The van der Waals surface area contributed by atoms with Gasteiger partial charge in [-0.1, -0.05) is 0 Å². The molecule has 0 aromatic carbocycles. The van der Waals surface area contributed by atoms with Gasteiger partial charge in [-0.25, -0.2) is 9.78 Å². The summed E-state index contributed by atoms with van der Waals surface area (Å²) in [6.45, 7) is 1.13. The van der Waals surface area contributed by atoms with Crippen molar-refractivity contribution in [3.8, 4) is 0 Å². The summed E-state index contributed by atoms with van der Waals surface area (Å²) in [5.41, 5.74) is 0. The lowest BCUT2D eigenvalue weighted by molar-refractivity contribution is -0.139. The molecule has 0 bridgehead atoms. The van der Waals surface area contributed by atoms with Gasteiger partial charge in [0.2, 0.25) is 11.8 Å². The van der Waals surface area contributed by atoms with Crippen LogP contribution in [0.5, 0.6) is 0 Å². The summed E-state index contributed by atoms with van der Waals surface area (Å²) >= 11 is 1.44. The number of thiazole rings is 1. The van der Waals surface area contributed by atoms with Crippen LogP contribution in [0.4, 0.5) is 4.79 Å². The van der Waals surface area contributed by atoms with Crippen LogP contribution in [-0.2, 0) is 20.9 Å². The van der Waals surface area contributed by atoms with E-state index in [0.717, 1.165) is 9.91 Å². The molecule has 1 aromatic heterocycles. The topological polar surface area (TPSA) is 91.8 Å². The van der Waals surface area contributed by atoms with Gasteiger partial charge in [0.1, 0.15) is 11.6 Å². The standard InChI is InChI=1S/C13H18N4O4S/c1-21-6-5-16(8-10-14-4-7-22-10)12(19)9-17-11(18)2-3-15-13(17)20/h4,7H,2-3,5-6,8-9H2,1H3,(H,15,20). The minimum Gasteiger partial charge on any atom is -0.383 e. The number of hydrogen-bond donors (Lipinski definition) is 1. The van der Waals surface area contributed by atoms with Crippen molar-refractivity contribution >= 4 is 29.2 Å². The Morgan fingerprint density at radius 3 is 3.00 bits per heavy atom. The first-order valence-corrected chi connectivity index (χ1v) is 7.73. The third kappa shape index (κ3) is 4.25. The number of urea groups is 1. The van der Waals surface area contributed by atoms with E-state index in [1.807, 2.05) is 5.38 Å². The van der Waals surface area contributed by atoms with Crippen molar-refractivity contribution < 1.29 is 19.1 Å². The van der Waals surface area contributed by atoms with Crippen LogP contribution in [-0.4, -0.2) is 66.0 Å². The lowest BCUT2D eigenvalue weighted by Crippen LogP contribution is -2.53. The fraction of sp³-hybridized carbons (Fsp3) is 0.538. The molecular formula is C13H18N4O4S. The largest absolute Gasteiger partial charge is 0.383 e. The number of carbonyl (C=O) groups excluding carboxylic acids is 3. The molecule has 120 valence electrons. The molecule has 8 nitrogen and oxygen atoms in total. The maximum absolute atomic E-state index is 12.4. The average Bonchev–Trinajstić information content (AvgIpc) is 3.00. The molecule has 9 heteroatoms. The van der Waals surface area contributed by atoms with Crippen molar-refractivity contribution in [3.05, 3.63) is 16.6 Å². The lowest BCUT2D eigenvalue weighted by atomic mass is 10.3. The van der Waals surface area contributed by atoms with Gasteiger partial charge in [-0.2, -0.15) is 0 Å². The first-order chi connectivity index (χ1) is 10.6. The summed E-state index contributed by atoms with van der Waals surface area (Å²) < 4.78 is 5.00. The highest BCUT2D eigenvalue weighted by atomic mass is 32.1. The van der Waals surface area contributed by atoms with Crippen LogP contribution < -0.4 is 5.32 Å². The van der Waals surface area contributed by atoms with Gasteiger partial charge in [0.25, 0.3) is 0 Å². The van der Waals surface area contributed by atoms with E-state index in [9.17, 15) is 14.4 Å². The van der Waals surface area contributed by atoms with Crippen LogP contribution in [0.2, 0.25) is 0 Å². The number of ether oxygens (including phenoxy) is 1. The van der Waals surface area contributed by atoms with E-state index in [1.165, 1.54) is 16.2 Å². The molecular weight excluding hydrogens is 308 g/mol. The Bertz CT molecular complexity index is 518. The third-order valence-corrected chi connectivity index (χ3v) is 3.95. The molecule has 0 radical (unpaired) electrons. The van der Waals surface area contributed by atoms with Gasteiger partial charge < -0.3 is 15.0 Å². The van der Waals surface area contributed by atoms with Crippen LogP contribution >= 0.6 is 11.3 Å². The molecule has 1 aromatic rings. The van der Waals surface area contributed by atoms with Gasteiger partial charge in [0, 0.05) is 38.2 Å². The molecule has 2 rings (SSSR count). The van der Waals surface area contributed by atoms with Crippen molar-refractivity contribution in [1.29, 1.82) is 0 Å². The molecule has 22 heavy (non-hydrogen) atoms. The number of aromatic nitrogens is 1. The van der Waals surface area contributed by atoms with E-state index in [2.05, 4.69) is 10.3 Å². The normalized spacial score (nSPS) is 14.9. The van der Waals surface area contributed by atoms with Crippen LogP contribution in [0.25, 0.3) is 0 Å². The fourth-order valence-corrected chi connectivity index (χ4v) is 2.63. The summed E-state index contributed by atoms with van der Waals surface area (Å²) in [5.74, 6) is -0.643. The smallest absolute Gasteiger partial charge is 0.324 e. The Kier molecular flexibility index (Phi) is 5.84. The van der Waals surface area contributed by atoms with Crippen LogP contribution in [0, 0.1) is 0 Å². The number of amides is 4. The van der Waals surface area contributed by atoms with Crippen molar-refractivity contribution in [2.45, 2.75) is 13.0 Å². The van der Waals surface area contributed by atoms with Crippen LogP contribution in [0.15, 0.2) is 11.6 Å². The summed E-state index contributed by atoms with van der Waals surface area (Å²) in [7, 11) is 1.55. The minimum atomic E-state index is -0.523. The number of hydrogen-bond acceptors (Lipinski definition) is 6. The molecule has 1 N–H and O–H groups in total. The zero-order chi connectivity index (χ0) is 15.9. The summed E-state index contributed by atoms with van der Waals surface area (Å²) in [6.07, 6.45) is 1.88. The molecule has 0 spiro atoms. The molecule has 0 aliphatic carbocycles. The van der Waals surface area contributed by atoms with Gasteiger partial charge in [0.15, 0.2) is 0 Å². The molecule has 0 atom stereocenters. The van der Waals surface area contributed by atoms with E-state index < -0.39 is 6.03 Å². The number of carbonyl (C=O) groups is 3. The second kappa shape index (κ2) is 7.85. The number of methoxy groups -OCH3 is 1. The molecule has 0 unspecified atom stereocenters. The van der Waals surface area contributed by atoms with Crippen molar-refractivity contribution in [1.82, 2.24) is 20.1 Å². The predicted molar refractivity (Wildman–Crippen MR) is 79.1 cm³/mol. The molecule has 2 heterocycles. The number of rotatable bonds is 7. The van der Waals surface area contributed by atoms with Gasteiger partial charge in [0.05, 0.1) is 13.2 Å². The maximum atomic E-state index is 12.4. The molecule has 4 amide bonds. The number of nitrogens with zero attached hydrogens (tertiary/aromatic N) is 3. The van der Waals surface area contributed by atoms with E-state index in [0.29, 0.717) is 26.2 Å². The molecule has 1 aliphatic rings. The van der Waals surface area contributed by atoms with Gasteiger partial charge >= 0.3 is 6.03 Å². The van der Waals surface area contributed by atoms with Crippen LogP contribution in [0.3, 0.4) is 0 Å². The van der Waals surface area contributed by atoms with E-state index in [4.69, 9.17) is 4.74 Å². The SMILES string of the molecule is COCCN(Cc1nccs1)C(=O)CN1C(=O)CCNC1=O. The number of imide groups is 1. The zero-order valence-corrected chi connectivity index (χ0v) is 13.1. The summed E-state index contributed by atoms with van der Waals surface area (Å²) in [4.78, 5) is 42.5. The van der Waals surface area contributed by atoms with Crippen molar-refractivity contribution in [2.24, 2.45) is 0 Å². The average molecular weight is 326 g/mol. The Morgan fingerprint density at radius 2 is 2.36 bits per heavy atom. The van der Waals surface area contributed by atoms with Gasteiger partial charge in [-0.3, -0.25) is 14.5 Å². The Labute approximate surface area is 132 Å². The second-order valence-electron chi connectivity index (χ2n) is 4.70. The first-order valence-electron chi connectivity index (χ1n) is 6.85. The summed E-state index contributed by atoms with van der Waals surface area (Å²) in [6, 6.07) is -0.523. The quantitative estimate of drug-likeness (QED) is 0.765. The highest BCUT2D eigenvalue weighted by Gasteiger charge is 2.29. The Morgan fingerprint density at radius 1 is 1.55 bits per heavy atom. The van der Waals surface area contributed by atoms with Gasteiger partial charge in [-0.05, 0) is 0 Å². The predicted octanol–water partition coefficient (Wildman–Crippen LogP) is 0.0600. The fourth-order valence-electron chi connectivity index (χ4n) is 2.00. The monoisotopic (exact) mass is 326 g/mol. The summed E-state index contributed by atoms with van der Waals surface area (Å²) in [5, 5.41) is 5.18. The Hall–Kier alpha value is -2.00. The second-order valence-corrected chi connectivity index (χ2v) is 5.67.